The van der Waals surface area contributed by atoms with Crippen LogP contribution in [0.2, 0.25) is 0 Å². The van der Waals surface area contributed by atoms with Crippen molar-refractivity contribution >= 4 is 11.9 Å². The van der Waals surface area contributed by atoms with Crippen molar-refractivity contribution < 1.29 is 19.4 Å². The molecule has 1 amide bonds. The van der Waals surface area contributed by atoms with Crippen LogP contribution < -0.4 is 0 Å². The molecule has 19 heavy (non-hydrogen) atoms. The Labute approximate surface area is 113 Å². The van der Waals surface area contributed by atoms with Crippen LogP contribution in [0.25, 0.3) is 0 Å². The molecule has 0 radical (unpaired) electrons. The fourth-order valence-corrected chi connectivity index (χ4v) is 2.54. The maximum Gasteiger partial charge on any atom is 0.334 e. The summed E-state index contributed by atoms with van der Waals surface area (Å²) in [7, 11) is 0. The van der Waals surface area contributed by atoms with Gasteiger partial charge in [0.2, 0.25) is 5.91 Å². The molecule has 6 nitrogen and oxygen atoms in total. The van der Waals surface area contributed by atoms with Gasteiger partial charge in [0.15, 0.2) is 6.10 Å². The normalized spacial score (nSPS) is 26.4. The van der Waals surface area contributed by atoms with Crippen LogP contribution in [0.4, 0.5) is 0 Å². The number of carbonyl (C=O) groups excluding carboxylic acids is 1. The van der Waals surface area contributed by atoms with Crippen LogP contribution in [0, 0.1) is 5.92 Å². The molecule has 1 N–H and O–H groups in total. The number of likely N-dealkylation sites (tertiary alicyclic amines) is 1. The van der Waals surface area contributed by atoms with Crippen molar-refractivity contribution in [1.82, 2.24) is 9.80 Å². The molecule has 1 unspecified atom stereocenters. The molecule has 0 spiro atoms. The SMILES string of the molecule is CC1CCN(C(=O)CN2CCOC(C(=O)O)C2)CC1. The average Bonchev–Trinajstić information content (AvgIpc) is 2.39. The van der Waals surface area contributed by atoms with Crippen molar-refractivity contribution in [3.8, 4) is 0 Å². The van der Waals surface area contributed by atoms with Gasteiger partial charge in [-0.25, -0.2) is 4.79 Å². The average molecular weight is 270 g/mol. The molecule has 2 heterocycles. The molecule has 108 valence electrons. The molecule has 2 aliphatic heterocycles. The zero-order valence-electron chi connectivity index (χ0n) is 11.4. The van der Waals surface area contributed by atoms with Gasteiger partial charge in [0, 0.05) is 26.2 Å². The van der Waals surface area contributed by atoms with E-state index in [1.165, 1.54) is 0 Å². The Hall–Kier alpha value is -1.14. The van der Waals surface area contributed by atoms with Crippen LogP contribution in [0.5, 0.6) is 0 Å². The Kier molecular flexibility index (Phi) is 4.76. The Morgan fingerprint density at radius 2 is 1.95 bits per heavy atom. The summed E-state index contributed by atoms with van der Waals surface area (Å²) in [5.74, 6) is -0.147. The van der Waals surface area contributed by atoms with E-state index in [9.17, 15) is 9.59 Å². The molecule has 2 aliphatic rings. The molecule has 0 bridgehead atoms. The lowest BCUT2D eigenvalue weighted by molar-refractivity contribution is -0.157. The molecule has 2 rings (SSSR count). The maximum atomic E-state index is 12.1. The fraction of sp³-hybridized carbons (Fsp3) is 0.846. The second-order valence-corrected chi connectivity index (χ2v) is 5.50. The third-order valence-corrected chi connectivity index (χ3v) is 3.92. The van der Waals surface area contributed by atoms with Crippen molar-refractivity contribution in [2.75, 3.05) is 39.3 Å². The summed E-state index contributed by atoms with van der Waals surface area (Å²) in [6.45, 7) is 5.47. The van der Waals surface area contributed by atoms with E-state index >= 15 is 0 Å². The number of hydrogen-bond donors (Lipinski definition) is 1. The summed E-state index contributed by atoms with van der Waals surface area (Å²) >= 11 is 0. The van der Waals surface area contributed by atoms with Crippen molar-refractivity contribution in [3.63, 3.8) is 0 Å². The molecule has 0 aliphatic carbocycles. The Morgan fingerprint density at radius 3 is 2.58 bits per heavy atom. The molecule has 1 atom stereocenters. The topological polar surface area (TPSA) is 70.1 Å². The van der Waals surface area contributed by atoms with Crippen LogP contribution >= 0.6 is 0 Å². The van der Waals surface area contributed by atoms with Gasteiger partial charge in [-0.15, -0.1) is 0 Å². The lowest BCUT2D eigenvalue weighted by Gasteiger charge is -2.34. The summed E-state index contributed by atoms with van der Waals surface area (Å²) < 4.78 is 5.14. The second kappa shape index (κ2) is 6.34. The highest BCUT2D eigenvalue weighted by Crippen LogP contribution is 2.16. The number of rotatable bonds is 3. The maximum absolute atomic E-state index is 12.1. The Balaban J connectivity index is 1.80. The van der Waals surface area contributed by atoms with Gasteiger partial charge in [0.1, 0.15) is 0 Å². The molecule has 0 aromatic carbocycles. The number of aliphatic carboxylic acids is 1. The van der Waals surface area contributed by atoms with Gasteiger partial charge in [-0.2, -0.15) is 0 Å². The number of morpholine rings is 1. The van der Waals surface area contributed by atoms with E-state index in [1.807, 2.05) is 9.80 Å². The molecule has 2 fully saturated rings. The Bertz CT molecular complexity index is 340. The second-order valence-electron chi connectivity index (χ2n) is 5.50. The van der Waals surface area contributed by atoms with Crippen molar-refractivity contribution in [1.29, 1.82) is 0 Å². The number of ether oxygens (including phenoxy) is 1. The summed E-state index contributed by atoms with van der Waals surface area (Å²) in [5, 5.41) is 8.92. The predicted molar refractivity (Wildman–Crippen MR) is 68.8 cm³/mol. The largest absolute Gasteiger partial charge is 0.479 e. The van der Waals surface area contributed by atoms with Gasteiger partial charge in [-0.3, -0.25) is 9.69 Å². The predicted octanol–water partition coefficient (Wildman–Crippen LogP) is 0.0303. The van der Waals surface area contributed by atoms with Gasteiger partial charge in [0.25, 0.3) is 0 Å². The molecule has 0 aromatic rings. The number of carboxylic acid groups (broad SMARTS) is 1. The minimum atomic E-state index is -0.955. The first-order valence-corrected chi connectivity index (χ1v) is 6.91. The first kappa shape index (κ1) is 14.3. The number of carboxylic acids is 1. The van der Waals surface area contributed by atoms with Crippen LogP contribution in [-0.2, 0) is 14.3 Å². The minimum absolute atomic E-state index is 0.109. The zero-order chi connectivity index (χ0) is 13.8. The molecule has 6 heteroatoms. The molecular formula is C13H22N2O4. The van der Waals surface area contributed by atoms with Crippen LogP contribution in [0.3, 0.4) is 0 Å². The highest BCUT2D eigenvalue weighted by atomic mass is 16.5. The van der Waals surface area contributed by atoms with Crippen LogP contribution in [0.1, 0.15) is 19.8 Å². The van der Waals surface area contributed by atoms with Gasteiger partial charge >= 0.3 is 5.97 Å². The molecule has 2 saturated heterocycles. The first-order valence-electron chi connectivity index (χ1n) is 6.91. The van der Waals surface area contributed by atoms with E-state index in [2.05, 4.69) is 6.92 Å². The molecule has 0 saturated carbocycles. The number of carbonyl (C=O) groups is 2. The lowest BCUT2D eigenvalue weighted by atomic mass is 9.99. The number of hydrogen-bond acceptors (Lipinski definition) is 4. The van der Waals surface area contributed by atoms with Crippen molar-refractivity contribution in [3.05, 3.63) is 0 Å². The number of amides is 1. The van der Waals surface area contributed by atoms with Gasteiger partial charge in [0.05, 0.1) is 13.2 Å². The standard InChI is InChI=1S/C13H22N2O4/c1-10-2-4-15(5-3-10)12(16)9-14-6-7-19-11(8-14)13(17)18/h10-11H,2-9H2,1H3,(H,17,18). The molecule has 0 aromatic heterocycles. The molecular weight excluding hydrogens is 248 g/mol. The highest BCUT2D eigenvalue weighted by Gasteiger charge is 2.29. The van der Waals surface area contributed by atoms with Crippen molar-refractivity contribution in [2.45, 2.75) is 25.9 Å². The monoisotopic (exact) mass is 270 g/mol. The van der Waals surface area contributed by atoms with E-state index in [-0.39, 0.29) is 5.91 Å². The summed E-state index contributed by atoms with van der Waals surface area (Å²) in [5.41, 5.74) is 0. The van der Waals surface area contributed by atoms with Gasteiger partial charge < -0.3 is 14.7 Å². The summed E-state index contributed by atoms with van der Waals surface area (Å²) in [6.07, 6.45) is 1.32. The van der Waals surface area contributed by atoms with Gasteiger partial charge in [-0.1, -0.05) is 6.92 Å². The third-order valence-electron chi connectivity index (χ3n) is 3.92. The quantitative estimate of drug-likeness (QED) is 0.783. The number of nitrogens with zero attached hydrogens (tertiary/aromatic N) is 2. The Morgan fingerprint density at radius 1 is 1.26 bits per heavy atom. The fourth-order valence-electron chi connectivity index (χ4n) is 2.54. The van der Waals surface area contributed by atoms with Crippen LogP contribution in [-0.4, -0.2) is 72.2 Å². The van der Waals surface area contributed by atoms with E-state index in [1.54, 1.807) is 0 Å². The minimum Gasteiger partial charge on any atom is -0.479 e. The third kappa shape index (κ3) is 3.91. The summed E-state index contributed by atoms with van der Waals surface area (Å²) in [6, 6.07) is 0. The van der Waals surface area contributed by atoms with E-state index in [0.29, 0.717) is 32.2 Å². The van der Waals surface area contributed by atoms with E-state index < -0.39 is 12.1 Å². The van der Waals surface area contributed by atoms with E-state index in [4.69, 9.17) is 9.84 Å². The summed E-state index contributed by atoms with van der Waals surface area (Å²) in [4.78, 5) is 26.8. The first-order chi connectivity index (χ1) is 9.06. The van der Waals surface area contributed by atoms with Gasteiger partial charge in [-0.05, 0) is 18.8 Å². The van der Waals surface area contributed by atoms with Crippen molar-refractivity contribution in [2.24, 2.45) is 5.92 Å². The lowest BCUT2D eigenvalue weighted by Crippen LogP contribution is -2.50. The number of piperidine rings is 1. The highest BCUT2D eigenvalue weighted by molar-refractivity contribution is 5.78. The smallest absolute Gasteiger partial charge is 0.334 e. The zero-order valence-corrected chi connectivity index (χ0v) is 11.4. The van der Waals surface area contributed by atoms with Crippen LogP contribution in [0.15, 0.2) is 0 Å². The van der Waals surface area contributed by atoms with E-state index in [0.717, 1.165) is 25.9 Å².